The summed E-state index contributed by atoms with van der Waals surface area (Å²) in [7, 11) is 1.47. The van der Waals surface area contributed by atoms with Gasteiger partial charge in [-0.25, -0.2) is 9.78 Å². The van der Waals surface area contributed by atoms with E-state index >= 15 is 0 Å². The zero-order chi connectivity index (χ0) is 12.7. The molecule has 2 heterocycles. The first-order valence-corrected chi connectivity index (χ1v) is 6.06. The summed E-state index contributed by atoms with van der Waals surface area (Å²) in [5.41, 5.74) is 0.0525. The Morgan fingerprint density at radius 2 is 2.06 bits per heavy atom. The normalized spacial score (nSPS) is 11.6. The molecule has 1 N–H and O–H groups in total. The van der Waals surface area contributed by atoms with Crippen LogP contribution in [0.1, 0.15) is 13.8 Å². The minimum atomic E-state index is -0.358. The number of imidazole rings is 1. The maximum atomic E-state index is 12.0. The maximum Gasteiger partial charge on any atom is 0.332 e. The van der Waals surface area contributed by atoms with Gasteiger partial charge in [-0.1, -0.05) is 13.8 Å². The van der Waals surface area contributed by atoms with E-state index in [1.54, 1.807) is 0 Å². The first kappa shape index (κ1) is 12.1. The molecule has 92 valence electrons. The van der Waals surface area contributed by atoms with Crippen molar-refractivity contribution in [2.24, 2.45) is 13.0 Å². The lowest BCUT2D eigenvalue weighted by Gasteiger charge is -2.10. The molecule has 0 bridgehead atoms. The van der Waals surface area contributed by atoms with Gasteiger partial charge >= 0.3 is 5.69 Å². The lowest BCUT2D eigenvalue weighted by atomic mass is 10.2. The van der Waals surface area contributed by atoms with Crippen molar-refractivity contribution in [3.63, 3.8) is 0 Å². The van der Waals surface area contributed by atoms with E-state index in [-0.39, 0.29) is 11.2 Å². The van der Waals surface area contributed by atoms with Crippen LogP contribution in [0.15, 0.2) is 14.3 Å². The van der Waals surface area contributed by atoms with Crippen molar-refractivity contribution in [2.45, 2.75) is 20.4 Å². The van der Waals surface area contributed by atoms with Crippen LogP contribution in [0.5, 0.6) is 0 Å². The second-order valence-corrected chi connectivity index (χ2v) is 5.13. The number of aromatic nitrogens is 4. The average Bonchev–Trinajstić information content (AvgIpc) is 2.63. The molecule has 0 saturated heterocycles. The molecule has 6 nitrogen and oxygen atoms in total. The number of nitrogens with one attached hydrogen (secondary N) is 1. The van der Waals surface area contributed by atoms with E-state index < -0.39 is 0 Å². The van der Waals surface area contributed by atoms with Crippen molar-refractivity contribution >= 4 is 27.1 Å². The van der Waals surface area contributed by atoms with Crippen molar-refractivity contribution < 1.29 is 0 Å². The number of aromatic amines is 1. The quantitative estimate of drug-likeness (QED) is 0.836. The number of rotatable bonds is 2. The molecule has 2 aromatic heterocycles. The highest BCUT2D eigenvalue weighted by Gasteiger charge is 2.15. The summed E-state index contributed by atoms with van der Waals surface area (Å²) < 4.78 is 3.06. The minimum absolute atomic E-state index is 0.295. The molecule has 17 heavy (non-hydrogen) atoms. The highest BCUT2D eigenvalue weighted by atomic mass is 79.9. The van der Waals surface area contributed by atoms with Gasteiger partial charge in [0.05, 0.1) is 0 Å². The van der Waals surface area contributed by atoms with E-state index in [1.807, 2.05) is 13.8 Å². The average molecular weight is 301 g/mol. The van der Waals surface area contributed by atoms with Gasteiger partial charge in [0.2, 0.25) is 0 Å². The Hall–Kier alpha value is -1.37. The summed E-state index contributed by atoms with van der Waals surface area (Å²) in [6.45, 7) is 4.54. The van der Waals surface area contributed by atoms with Crippen LogP contribution in [0.3, 0.4) is 0 Å². The van der Waals surface area contributed by atoms with Crippen LogP contribution in [0.25, 0.3) is 11.2 Å². The zero-order valence-corrected chi connectivity index (χ0v) is 11.4. The van der Waals surface area contributed by atoms with E-state index in [1.165, 1.54) is 11.6 Å². The van der Waals surface area contributed by atoms with Gasteiger partial charge in [-0.15, -0.1) is 0 Å². The molecule has 0 aliphatic rings. The third-order valence-electron chi connectivity index (χ3n) is 2.50. The Bertz CT molecular complexity index is 680. The largest absolute Gasteiger partial charge is 0.332 e. The standard InChI is InChI=1S/C10H13BrN4O2/c1-5(2)4-15-7-6(12-9(11)13-7)8(16)14(3)10(15)17/h5H,4H2,1-3H3,(H,12,13). The third-order valence-corrected chi connectivity index (χ3v) is 2.87. The van der Waals surface area contributed by atoms with Crippen molar-refractivity contribution in [1.82, 2.24) is 19.1 Å². The molecular weight excluding hydrogens is 288 g/mol. The van der Waals surface area contributed by atoms with Gasteiger partial charge in [-0.05, 0) is 21.8 Å². The van der Waals surface area contributed by atoms with Gasteiger partial charge < -0.3 is 4.98 Å². The Morgan fingerprint density at radius 1 is 1.41 bits per heavy atom. The van der Waals surface area contributed by atoms with E-state index in [2.05, 4.69) is 25.9 Å². The van der Waals surface area contributed by atoms with E-state index in [4.69, 9.17) is 0 Å². The molecule has 0 fully saturated rings. The summed E-state index contributed by atoms with van der Waals surface area (Å²) in [5.74, 6) is 0.295. The van der Waals surface area contributed by atoms with Crippen LogP contribution in [-0.2, 0) is 13.6 Å². The Balaban J connectivity index is 2.90. The van der Waals surface area contributed by atoms with Crippen LogP contribution in [0.4, 0.5) is 0 Å². The highest BCUT2D eigenvalue weighted by Crippen LogP contribution is 2.11. The number of nitrogens with zero attached hydrogens (tertiary/aromatic N) is 3. The summed E-state index contributed by atoms with van der Waals surface area (Å²) in [4.78, 5) is 30.8. The summed E-state index contributed by atoms with van der Waals surface area (Å²) in [5, 5.41) is 0. The number of H-pyrrole nitrogens is 1. The molecule has 0 saturated carbocycles. The summed E-state index contributed by atoms with van der Waals surface area (Å²) >= 11 is 3.18. The lowest BCUT2D eigenvalue weighted by Crippen LogP contribution is -2.38. The lowest BCUT2D eigenvalue weighted by molar-refractivity contribution is 0.500. The SMILES string of the molecule is CC(C)Cn1c(=O)n(C)c(=O)c2[nH]c(Br)nc21. The van der Waals surface area contributed by atoms with Gasteiger partial charge in [0.25, 0.3) is 5.56 Å². The molecule has 0 radical (unpaired) electrons. The van der Waals surface area contributed by atoms with E-state index in [0.29, 0.717) is 28.4 Å². The summed E-state index contributed by atoms with van der Waals surface area (Å²) in [6.07, 6.45) is 0. The van der Waals surface area contributed by atoms with Crippen LogP contribution < -0.4 is 11.2 Å². The van der Waals surface area contributed by atoms with Crippen LogP contribution in [-0.4, -0.2) is 19.1 Å². The molecule has 2 rings (SSSR count). The van der Waals surface area contributed by atoms with Crippen molar-refractivity contribution in [1.29, 1.82) is 0 Å². The van der Waals surface area contributed by atoms with Gasteiger partial charge in [0.1, 0.15) is 0 Å². The summed E-state index contributed by atoms with van der Waals surface area (Å²) in [6, 6.07) is 0. The zero-order valence-electron chi connectivity index (χ0n) is 9.82. The number of fused-ring (bicyclic) bond motifs is 1. The second kappa shape index (κ2) is 4.14. The monoisotopic (exact) mass is 300 g/mol. The number of hydrogen-bond donors (Lipinski definition) is 1. The van der Waals surface area contributed by atoms with Gasteiger partial charge in [0, 0.05) is 13.6 Å². The molecule has 0 unspecified atom stereocenters. The Morgan fingerprint density at radius 3 is 2.65 bits per heavy atom. The van der Waals surface area contributed by atoms with Crippen molar-refractivity contribution in [2.75, 3.05) is 0 Å². The molecule has 0 amide bonds. The molecular formula is C10H13BrN4O2. The molecule has 0 aliphatic carbocycles. The number of hydrogen-bond acceptors (Lipinski definition) is 3. The van der Waals surface area contributed by atoms with E-state index in [9.17, 15) is 9.59 Å². The second-order valence-electron chi connectivity index (χ2n) is 4.38. The predicted molar refractivity (Wildman–Crippen MR) is 68.1 cm³/mol. The smallest absolute Gasteiger partial charge is 0.327 e. The molecule has 0 aromatic carbocycles. The Kier molecular flexibility index (Phi) is 2.94. The van der Waals surface area contributed by atoms with Crippen molar-refractivity contribution in [3.8, 4) is 0 Å². The minimum Gasteiger partial charge on any atom is -0.327 e. The molecule has 7 heteroatoms. The van der Waals surface area contributed by atoms with Crippen LogP contribution in [0.2, 0.25) is 0 Å². The third kappa shape index (κ3) is 1.95. The first-order chi connectivity index (χ1) is 7.91. The number of halogens is 1. The van der Waals surface area contributed by atoms with Gasteiger partial charge in [-0.3, -0.25) is 13.9 Å². The molecule has 2 aromatic rings. The van der Waals surface area contributed by atoms with E-state index in [0.717, 1.165) is 4.57 Å². The van der Waals surface area contributed by atoms with Crippen LogP contribution in [0, 0.1) is 5.92 Å². The van der Waals surface area contributed by atoms with Gasteiger partial charge in [0.15, 0.2) is 15.9 Å². The predicted octanol–water partition coefficient (Wildman–Crippen LogP) is 0.842. The maximum absolute atomic E-state index is 12.0. The Labute approximate surface area is 105 Å². The topological polar surface area (TPSA) is 72.7 Å². The fourth-order valence-corrected chi connectivity index (χ4v) is 2.10. The first-order valence-electron chi connectivity index (χ1n) is 5.27. The van der Waals surface area contributed by atoms with Gasteiger partial charge in [-0.2, -0.15) is 0 Å². The molecule has 0 atom stereocenters. The van der Waals surface area contributed by atoms with Crippen molar-refractivity contribution in [3.05, 3.63) is 25.6 Å². The fourth-order valence-electron chi connectivity index (χ4n) is 1.74. The molecule has 0 spiro atoms. The molecule has 0 aliphatic heterocycles. The fraction of sp³-hybridized carbons (Fsp3) is 0.500. The highest BCUT2D eigenvalue weighted by molar-refractivity contribution is 9.10. The van der Waals surface area contributed by atoms with Crippen LogP contribution >= 0.6 is 15.9 Å².